The summed E-state index contributed by atoms with van der Waals surface area (Å²) in [6, 6.07) is 5.56. The zero-order valence-electron chi connectivity index (χ0n) is 9.14. The van der Waals surface area contributed by atoms with E-state index in [1.807, 2.05) is 19.1 Å². The topological polar surface area (TPSA) is 12.9 Å². The average Bonchev–Trinajstić information content (AvgIpc) is 2.64. The molecule has 0 atom stereocenters. The number of alkyl halides is 1. The van der Waals surface area contributed by atoms with Crippen molar-refractivity contribution in [3.63, 3.8) is 0 Å². The second-order valence-corrected chi connectivity index (χ2v) is 6.05. The highest BCUT2D eigenvalue weighted by molar-refractivity contribution is 7.12. The molecule has 1 nitrogen and oxygen atoms in total. The SMILES string of the molecule is Cc1nc(-c2ccc(Cl)c(Cl)c2)c(CCCl)s1. The minimum absolute atomic E-state index is 0.548. The summed E-state index contributed by atoms with van der Waals surface area (Å²) < 4.78 is 0. The summed E-state index contributed by atoms with van der Waals surface area (Å²) in [4.78, 5) is 5.72. The van der Waals surface area contributed by atoms with Crippen molar-refractivity contribution in [3.8, 4) is 11.3 Å². The van der Waals surface area contributed by atoms with E-state index in [0.717, 1.165) is 22.7 Å². The molecule has 0 fully saturated rings. The van der Waals surface area contributed by atoms with E-state index in [-0.39, 0.29) is 0 Å². The second-order valence-electron chi connectivity index (χ2n) is 3.57. The molecule has 17 heavy (non-hydrogen) atoms. The Balaban J connectivity index is 2.47. The molecule has 1 heterocycles. The number of thiazole rings is 1. The van der Waals surface area contributed by atoms with E-state index in [4.69, 9.17) is 34.8 Å². The van der Waals surface area contributed by atoms with Gasteiger partial charge in [-0.05, 0) is 25.5 Å². The van der Waals surface area contributed by atoms with Crippen molar-refractivity contribution >= 4 is 46.1 Å². The molecular weight excluding hydrogens is 297 g/mol. The summed E-state index contributed by atoms with van der Waals surface area (Å²) in [5, 5.41) is 2.14. The Labute approximate surface area is 119 Å². The number of aromatic nitrogens is 1. The normalized spacial score (nSPS) is 10.8. The number of hydrogen-bond donors (Lipinski definition) is 0. The molecule has 90 valence electrons. The van der Waals surface area contributed by atoms with Crippen molar-refractivity contribution in [2.75, 3.05) is 5.88 Å². The second kappa shape index (κ2) is 5.57. The van der Waals surface area contributed by atoms with Crippen molar-refractivity contribution in [1.82, 2.24) is 4.98 Å². The van der Waals surface area contributed by atoms with Crippen LogP contribution < -0.4 is 0 Å². The Morgan fingerprint density at radius 1 is 1.24 bits per heavy atom. The molecule has 0 saturated carbocycles. The van der Waals surface area contributed by atoms with Crippen LogP contribution in [-0.4, -0.2) is 10.9 Å². The third-order valence-electron chi connectivity index (χ3n) is 2.32. The van der Waals surface area contributed by atoms with Crippen molar-refractivity contribution in [1.29, 1.82) is 0 Å². The smallest absolute Gasteiger partial charge is 0.0904 e. The quantitative estimate of drug-likeness (QED) is 0.710. The number of halogens is 3. The maximum atomic E-state index is 6.02. The van der Waals surface area contributed by atoms with Gasteiger partial charge in [-0.25, -0.2) is 4.98 Å². The van der Waals surface area contributed by atoms with Crippen molar-refractivity contribution < 1.29 is 0 Å². The highest BCUT2D eigenvalue weighted by Crippen LogP contribution is 2.32. The van der Waals surface area contributed by atoms with Crippen LogP contribution in [0.4, 0.5) is 0 Å². The first kappa shape index (κ1) is 13.2. The molecule has 0 N–H and O–H groups in total. The van der Waals surface area contributed by atoms with Crippen molar-refractivity contribution in [3.05, 3.63) is 38.1 Å². The molecule has 0 bridgehead atoms. The standard InChI is InChI=1S/C12H10Cl3NS/c1-7-16-12(11(17-7)4-5-13)8-2-3-9(14)10(15)6-8/h2-3,6H,4-5H2,1H3. The molecule has 0 spiro atoms. The van der Waals surface area contributed by atoms with Gasteiger partial charge in [0.1, 0.15) is 0 Å². The van der Waals surface area contributed by atoms with Crippen LogP contribution in [0.2, 0.25) is 10.0 Å². The molecule has 0 aliphatic rings. The van der Waals surface area contributed by atoms with E-state index in [1.165, 1.54) is 4.88 Å². The summed E-state index contributed by atoms with van der Waals surface area (Å²) in [6.07, 6.45) is 0.822. The van der Waals surface area contributed by atoms with Gasteiger partial charge in [0.05, 0.1) is 20.7 Å². The van der Waals surface area contributed by atoms with Gasteiger partial charge in [-0.2, -0.15) is 0 Å². The molecule has 0 aliphatic heterocycles. The molecule has 0 unspecified atom stereocenters. The number of hydrogen-bond acceptors (Lipinski definition) is 2. The lowest BCUT2D eigenvalue weighted by atomic mass is 10.1. The fraction of sp³-hybridized carbons (Fsp3) is 0.250. The van der Waals surface area contributed by atoms with Gasteiger partial charge in [-0.15, -0.1) is 22.9 Å². The molecule has 1 aromatic heterocycles. The fourth-order valence-corrected chi connectivity index (χ4v) is 3.15. The highest BCUT2D eigenvalue weighted by Gasteiger charge is 2.12. The number of benzene rings is 1. The Morgan fingerprint density at radius 2 is 2.00 bits per heavy atom. The lowest BCUT2D eigenvalue weighted by Crippen LogP contribution is -1.87. The van der Waals surface area contributed by atoms with E-state index >= 15 is 0 Å². The highest BCUT2D eigenvalue weighted by atomic mass is 35.5. The molecule has 1 aromatic carbocycles. The Bertz CT molecular complexity index is 537. The van der Waals surface area contributed by atoms with Gasteiger partial charge in [0, 0.05) is 16.3 Å². The molecule has 0 radical (unpaired) electrons. The maximum absolute atomic E-state index is 6.02. The van der Waals surface area contributed by atoms with Gasteiger partial charge in [0.15, 0.2) is 0 Å². The van der Waals surface area contributed by atoms with Gasteiger partial charge >= 0.3 is 0 Å². The third kappa shape index (κ3) is 2.94. The van der Waals surface area contributed by atoms with E-state index in [0.29, 0.717) is 15.9 Å². The van der Waals surface area contributed by atoms with Crippen LogP contribution in [0.5, 0.6) is 0 Å². The minimum atomic E-state index is 0.548. The minimum Gasteiger partial charge on any atom is -0.241 e. The van der Waals surface area contributed by atoms with Crippen molar-refractivity contribution in [2.45, 2.75) is 13.3 Å². The Kier molecular flexibility index (Phi) is 4.31. The molecule has 0 amide bonds. The molecule has 2 aromatic rings. The first-order valence-electron chi connectivity index (χ1n) is 5.09. The Hall–Kier alpha value is -0.280. The monoisotopic (exact) mass is 305 g/mol. The van der Waals surface area contributed by atoms with Crippen LogP contribution in [-0.2, 0) is 6.42 Å². The van der Waals surface area contributed by atoms with Gasteiger partial charge in [0.2, 0.25) is 0 Å². The molecule has 2 rings (SSSR count). The van der Waals surface area contributed by atoms with E-state index in [9.17, 15) is 0 Å². The van der Waals surface area contributed by atoms with Gasteiger partial charge < -0.3 is 0 Å². The van der Waals surface area contributed by atoms with Crippen LogP contribution in [0.25, 0.3) is 11.3 Å². The van der Waals surface area contributed by atoms with E-state index < -0.39 is 0 Å². The zero-order valence-corrected chi connectivity index (χ0v) is 12.2. The summed E-state index contributed by atoms with van der Waals surface area (Å²) in [5.41, 5.74) is 1.95. The fourth-order valence-electron chi connectivity index (χ4n) is 1.59. The molecule has 0 saturated heterocycles. The number of aryl methyl sites for hydroxylation is 2. The average molecular weight is 307 g/mol. The van der Waals surface area contributed by atoms with Gasteiger partial charge in [-0.3, -0.25) is 0 Å². The van der Waals surface area contributed by atoms with E-state index in [1.54, 1.807) is 17.4 Å². The van der Waals surface area contributed by atoms with Crippen LogP contribution in [0.3, 0.4) is 0 Å². The lowest BCUT2D eigenvalue weighted by molar-refractivity contribution is 1.17. The zero-order chi connectivity index (χ0) is 12.4. The van der Waals surface area contributed by atoms with Crippen LogP contribution in [0.15, 0.2) is 18.2 Å². The number of nitrogens with zero attached hydrogens (tertiary/aromatic N) is 1. The lowest BCUT2D eigenvalue weighted by Gasteiger charge is -2.02. The van der Waals surface area contributed by atoms with Crippen LogP contribution in [0, 0.1) is 6.92 Å². The largest absolute Gasteiger partial charge is 0.241 e. The van der Waals surface area contributed by atoms with Gasteiger partial charge in [0.25, 0.3) is 0 Å². The molecule has 5 heteroatoms. The summed E-state index contributed by atoms with van der Waals surface area (Å²) in [7, 11) is 0. The van der Waals surface area contributed by atoms with Crippen molar-refractivity contribution in [2.24, 2.45) is 0 Å². The van der Waals surface area contributed by atoms with Crippen LogP contribution >= 0.6 is 46.1 Å². The molecule has 0 aliphatic carbocycles. The maximum Gasteiger partial charge on any atom is 0.0904 e. The summed E-state index contributed by atoms with van der Waals surface area (Å²) in [6.45, 7) is 1.99. The predicted molar refractivity (Wildman–Crippen MR) is 76.7 cm³/mol. The third-order valence-corrected chi connectivity index (χ3v) is 4.28. The predicted octanol–water partition coefficient (Wildman–Crippen LogP) is 5.21. The summed E-state index contributed by atoms with van der Waals surface area (Å²) >= 11 is 19.4. The Morgan fingerprint density at radius 3 is 2.65 bits per heavy atom. The first-order chi connectivity index (χ1) is 8.11. The number of rotatable bonds is 3. The van der Waals surface area contributed by atoms with Gasteiger partial charge in [-0.1, -0.05) is 29.3 Å². The first-order valence-corrected chi connectivity index (χ1v) is 7.20. The summed E-state index contributed by atoms with van der Waals surface area (Å²) in [5.74, 6) is 0.593. The van der Waals surface area contributed by atoms with E-state index in [2.05, 4.69) is 4.98 Å². The molecular formula is C12H10Cl3NS. The van der Waals surface area contributed by atoms with Crippen LogP contribution in [0.1, 0.15) is 9.88 Å².